The van der Waals surface area contributed by atoms with Crippen LogP contribution in [0.1, 0.15) is 36.8 Å². The molecule has 3 rings (SSSR count). The summed E-state index contributed by atoms with van der Waals surface area (Å²) in [6, 6.07) is 14.6. The van der Waals surface area contributed by atoms with Gasteiger partial charge in [-0.2, -0.15) is 0 Å². The van der Waals surface area contributed by atoms with Gasteiger partial charge < -0.3 is 15.4 Å². The molecule has 31 heavy (non-hydrogen) atoms. The van der Waals surface area contributed by atoms with E-state index in [9.17, 15) is 18.0 Å². The van der Waals surface area contributed by atoms with Gasteiger partial charge in [0.15, 0.2) is 9.84 Å². The first-order valence-electron chi connectivity index (χ1n) is 10.5. The molecule has 0 saturated heterocycles. The molecule has 0 atom stereocenters. The van der Waals surface area contributed by atoms with Gasteiger partial charge in [-0.25, -0.2) is 8.42 Å². The van der Waals surface area contributed by atoms with Crippen molar-refractivity contribution in [2.45, 2.75) is 37.9 Å². The van der Waals surface area contributed by atoms with Crippen molar-refractivity contribution in [2.24, 2.45) is 0 Å². The highest BCUT2D eigenvalue weighted by molar-refractivity contribution is 7.90. The van der Waals surface area contributed by atoms with E-state index in [1.807, 2.05) is 30.3 Å². The highest BCUT2D eigenvalue weighted by Crippen LogP contribution is 2.26. The van der Waals surface area contributed by atoms with E-state index in [1.165, 1.54) is 0 Å². The summed E-state index contributed by atoms with van der Waals surface area (Å²) in [6.45, 7) is 0.744. The summed E-state index contributed by atoms with van der Waals surface area (Å²) in [6.07, 6.45) is 2.44. The third-order valence-corrected chi connectivity index (χ3v) is 6.66. The number of nitrogens with one attached hydrogen (secondary N) is 2. The maximum Gasteiger partial charge on any atom is 0.224 e. The minimum atomic E-state index is -3.19. The highest BCUT2D eigenvalue weighted by Gasteiger charge is 2.15. The standard InChI is InChI=1S/C23H28N2O5S/c26-22(24-13-5-15-31(28,29)17-18-6-2-1-3-7-18)8-4-14-30-20-10-11-21-19(16-20)9-12-23(27)25-21/h1-3,6-7,10-11,16H,4-5,8-9,12-15,17H2,(H,24,26)(H,25,27). The fourth-order valence-electron chi connectivity index (χ4n) is 3.38. The molecule has 0 unspecified atom stereocenters. The van der Waals surface area contributed by atoms with Crippen LogP contribution in [0.5, 0.6) is 5.75 Å². The Hall–Kier alpha value is -2.87. The van der Waals surface area contributed by atoms with E-state index in [-0.39, 0.29) is 23.3 Å². The topological polar surface area (TPSA) is 102 Å². The lowest BCUT2D eigenvalue weighted by atomic mass is 10.0. The van der Waals surface area contributed by atoms with Crippen LogP contribution in [-0.4, -0.2) is 39.1 Å². The van der Waals surface area contributed by atoms with Crippen LogP contribution >= 0.6 is 0 Å². The van der Waals surface area contributed by atoms with Gasteiger partial charge in [0.05, 0.1) is 18.1 Å². The summed E-state index contributed by atoms with van der Waals surface area (Å²) in [5.74, 6) is 0.704. The minimum absolute atomic E-state index is 0.0220. The zero-order valence-corrected chi connectivity index (χ0v) is 18.2. The second-order valence-electron chi connectivity index (χ2n) is 7.60. The van der Waals surface area contributed by atoms with Crippen LogP contribution in [0.15, 0.2) is 48.5 Å². The summed E-state index contributed by atoms with van der Waals surface area (Å²) in [7, 11) is -3.19. The number of fused-ring (bicyclic) bond motifs is 1. The number of ether oxygens (including phenoxy) is 1. The molecular weight excluding hydrogens is 416 g/mol. The fraction of sp³-hybridized carbons (Fsp3) is 0.391. The second kappa shape index (κ2) is 10.9. The number of carbonyl (C=O) groups excluding carboxylic acids is 2. The number of hydrogen-bond acceptors (Lipinski definition) is 5. The monoisotopic (exact) mass is 444 g/mol. The quantitative estimate of drug-likeness (QED) is 0.519. The maximum atomic E-state index is 12.1. The van der Waals surface area contributed by atoms with Crippen molar-refractivity contribution in [3.05, 3.63) is 59.7 Å². The van der Waals surface area contributed by atoms with E-state index in [0.717, 1.165) is 22.6 Å². The molecule has 0 spiro atoms. The van der Waals surface area contributed by atoms with Crippen LogP contribution in [0.3, 0.4) is 0 Å². The average Bonchev–Trinajstić information content (AvgIpc) is 2.75. The molecule has 0 aromatic heterocycles. The molecule has 0 aliphatic carbocycles. The average molecular weight is 445 g/mol. The maximum absolute atomic E-state index is 12.1. The molecule has 1 aliphatic heterocycles. The van der Waals surface area contributed by atoms with E-state index >= 15 is 0 Å². The lowest BCUT2D eigenvalue weighted by Crippen LogP contribution is -2.26. The van der Waals surface area contributed by atoms with Crippen molar-refractivity contribution in [2.75, 3.05) is 24.2 Å². The van der Waals surface area contributed by atoms with Crippen molar-refractivity contribution >= 4 is 27.3 Å². The molecule has 0 radical (unpaired) electrons. The first kappa shape index (κ1) is 22.8. The minimum Gasteiger partial charge on any atom is -0.494 e. The number of amides is 2. The zero-order valence-electron chi connectivity index (χ0n) is 17.4. The molecule has 0 saturated carbocycles. The molecule has 0 fully saturated rings. The number of sulfone groups is 1. The molecular formula is C23H28N2O5S. The fourth-order valence-corrected chi connectivity index (χ4v) is 4.81. The van der Waals surface area contributed by atoms with Gasteiger partial charge in [0.25, 0.3) is 0 Å². The Morgan fingerprint density at radius 3 is 2.68 bits per heavy atom. The number of hydrogen-bond donors (Lipinski definition) is 2. The van der Waals surface area contributed by atoms with Gasteiger partial charge in [0.2, 0.25) is 11.8 Å². The summed E-state index contributed by atoms with van der Waals surface area (Å²) in [4.78, 5) is 23.3. The van der Waals surface area contributed by atoms with Crippen molar-refractivity contribution in [3.63, 3.8) is 0 Å². The Balaban J connectivity index is 1.28. The van der Waals surface area contributed by atoms with Crippen molar-refractivity contribution in [3.8, 4) is 5.75 Å². The second-order valence-corrected chi connectivity index (χ2v) is 9.78. The zero-order chi connectivity index (χ0) is 22.1. The summed E-state index contributed by atoms with van der Waals surface area (Å²) in [5.41, 5.74) is 2.65. The number of aryl methyl sites for hydroxylation is 1. The van der Waals surface area contributed by atoms with Crippen molar-refractivity contribution < 1.29 is 22.7 Å². The van der Waals surface area contributed by atoms with Crippen LogP contribution in [0.2, 0.25) is 0 Å². The van der Waals surface area contributed by atoms with Gasteiger partial charge in [0.1, 0.15) is 5.75 Å². The molecule has 2 aromatic rings. The van der Waals surface area contributed by atoms with Crippen molar-refractivity contribution in [1.29, 1.82) is 0 Å². The Kier molecular flexibility index (Phi) is 8.06. The lowest BCUT2D eigenvalue weighted by molar-refractivity contribution is -0.121. The van der Waals surface area contributed by atoms with E-state index in [0.29, 0.717) is 45.3 Å². The van der Waals surface area contributed by atoms with Crippen LogP contribution in [0, 0.1) is 0 Å². The van der Waals surface area contributed by atoms with Crippen molar-refractivity contribution in [1.82, 2.24) is 5.32 Å². The van der Waals surface area contributed by atoms with E-state index in [4.69, 9.17) is 4.74 Å². The van der Waals surface area contributed by atoms with E-state index in [1.54, 1.807) is 18.2 Å². The Morgan fingerprint density at radius 2 is 1.87 bits per heavy atom. The molecule has 0 bridgehead atoms. The van der Waals surface area contributed by atoms with Gasteiger partial charge in [-0.1, -0.05) is 30.3 Å². The molecule has 7 nitrogen and oxygen atoms in total. The number of carbonyl (C=O) groups is 2. The molecule has 2 amide bonds. The molecule has 1 heterocycles. The Morgan fingerprint density at radius 1 is 1.06 bits per heavy atom. The van der Waals surface area contributed by atoms with Gasteiger partial charge in [-0.15, -0.1) is 0 Å². The number of benzene rings is 2. The van der Waals surface area contributed by atoms with Crippen LogP contribution in [-0.2, 0) is 31.6 Å². The van der Waals surface area contributed by atoms with Gasteiger partial charge in [-0.05, 0) is 48.6 Å². The SMILES string of the molecule is O=C(CCCOc1ccc2c(c1)CCC(=O)N2)NCCCS(=O)(=O)Cc1ccccc1. The lowest BCUT2D eigenvalue weighted by Gasteiger charge is -2.17. The molecule has 166 valence electrons. The normalized spacial score (nSPS) is 13.2. The van der Waals surface area contributed by atoms with Gasteiger partial charge >= 0.3 is 0 Å². The Bertz CT molecular complexity index is 1010. The first-order valence-corrected chi connectivity index (χ1v) is 12.3. The largest absolute Gasteiger partial charge is 0.494 e. The number of rotatable bonds is 11. The Labute approximate surface area is 183 Å². The highest BCUT2D eigenvalue weighted by atomic mass is 32.2. The first-order chi connectivity index (χ1) is 14.9. The van der Waals surface area contributed by atoms with Gasteiger partial charge in [-0.3, -0.25) is 9.59 Å². The van der Waals surface area contributed by atoms with Gasteiger partial charge in [0, 0.05) is 25.1 Å². The summed E-state index contributed by atoms with van der Waals surface area (Å²) < 4.78 is 30.0. The molecule has 1 aliphatic rings. The molecule has 2 N–H and O–H groups in total. The van der Waals surface area contributed by atoms with E-state index < -0.39 is 9.84 Å². The summed E-state index contributed by atoms with van der Waals surface area (Å²) in [5, 5.41) is 5.59. The van der Waals surface area contributed by atoms with Crippen LogP contribution in [0.4, 0.5) is 5.69 Å². The number of anilines is 1. The van der Waals surface area contributed by atoms with Crippen LogP contribution in [0.25, 0.3) is 0 Å². The third kappa shape index (κ3) is 7.71. The summed E-state index contributed by atoms with van der Waals surface area (Å²) >= 11 is 0. The third-order valence-electron chi connectivity index (χ3n) is 4.97. The molecule has 8 heteroatoms. The molecule has 2 aromatic carbocycles. The van der Waals surface area contributed by atoms with Crippen LogP contribution < -0.4 is 15.4 Å². The predicted molar refractivity (Wildman–Crippen MR) is 120 cm³/mol. The predicted octanol–water partition coefficient (Wildman–Crippen LogP) is 2.85. The smallest absolute Gasteiger partial charge is 0.224 e. The van der Waals surface area contributed by atoms with E-state index in [2.05, 4.69) is 10.6 Å².